The van der Waals surface area contributed by atoms with Crippen molar-refractivity contribution in [3.05, 3.63) is 22.4 Å². The lowest BCUT2D eigenvalue weighted by atomic mass is 9.67. The first-order valence-electron chi connectivity index (χ1n) is 6.90. The lowest BCUT2D eigenvalue weighted by molar-refractivity contribution is 0.0224. The molecule has 1 aliphatic carbocycles. The maximum absolute atomic E-state index is 6.15. The van der Waals surface area contributed by atoms with Crippen LogP contribution in [0.2, 0.25) is 0 Å². The molecule has 1 saturated carbocycles. The zero-order chi connectivity index (χ0) is 13.2. The predicted octanol–water partition coefficient (Wildman–Crippen LogP) is 3.48. The summed E-state index contributed by atoms with van der Waals surface area (Å²) in [6.45, 7) is 6.57. The van der Waals surface area contributed by atoms with Gasteiger partial charge in [-0.1, -0.05) is 20.3 Å². The minimum atomic E-state index is 0.198. The fraction of sp³-hybridized carbons (Fsp3) is 0.733. The molecule has 1 aliphatic rings. The maximum Gasteiger partial charge on any atom is 0.0337 e. The Morgan fingerprint density at radius 2 is 2.17 bits per heavy atom. The highest BCUT2D eigenvalue weighted by Gasteiger charge is 2.41. The Morgan fingerprint density at radius 1 is 1.39 bits per heavy atom. The molecule has 1 unspecified atom stereocenters. The van der Waals surface area contributed by atoms with Gasteiger partial charge in [0.2, 0.25) is 0 Å². The number of hydrogen-bond acceptors (Lipinski definition) is 3. The number of nitrogens with two attached hydrogens (primary N) is 1. The van der Waals surface area contributed by atoms with Crippen molar-refractivity contribution in [2.45, 2.75) is 51.6 Å². The van der Waals surface area contributed by atoms with Gasteiger partial charge in [-0.3, -0.25) is 4.90 Å². The second kappa shape index (κ2) is 5.32. The average molecular weight is 266 g/mol. The maximum atomic E-state index is 6.15. The highest BCUT2D eigenvalue weighted by atomic mass is 32.1. The van der Waals surface area contributed by atoms with Gasteiger partial charge in [-0.15, -0.1) is 0 Å². The van der Waals surface area contributed by atoms with Gasteiger partial charge < -0.3 is 5.73 Å². The topological polar surface area (TPSA) is 29.3 Å². The summed E-state index contributed by atoms with van der Waals surface area (Å²) in [6, 6.07) is 2.22. The monoisotopic (exact) mass is 266 g/mol. The summed E-state index contributed by atoms with van der Waals surface area (Å²) in [5, 5.41) is 4.40. The van der Waals surface area contributed by atoms with Crippen LogP contribution in [0.3, 0.4) is 0 Å². The van der Waals surface area contributed by atoms with E-state index in [1.807, 2.05) is 0 Å². The van der Waals surface area contributed by atoms with E-state index in [0.29, 0.717) is 5.41 Å². The van der Waals surface area contributed by atoms with Crippen molar-refractivity contribution in [2.24, 2.45) is 11.1 Å². The molecule has 2 N–H and O–H groups in total. The third-order valence-electron chi connectivity index (χ3n) is 4.49. The second-order valence-electron chi connectivity index (χ2n) is 6.61. The smallest absolute Gasteiger partial charge is 0.0337 e. The Kier molecular flexibility index (Phi) is 4.15. The van der Waals surface area contributed by atoms with Crippen LogP contribution in [0.4, 0.5) is 0 Å². The summed E-state index contributed by atoms with van der Waals surface area (Å²) < 4.78 is 0. The number of likely N-dealkylation sites (N-methyl/N-ethyl adjacent to an activating group) is 1. The van der Waals surface area contributed by atoms with E-state index in [9.17, 15) is 0 Å². The van der Waals surface area contributed by atoms with Crippen molar-refractivity contribution >= 4 is 11.3 Å². The SMILES string of the molecule is CN(Cc1ccsc1)C1(CN)CCCC(C)(C)C1. The number of hydrogen-bond donors (Lipinski definition) is 1. The van der Waals surface area contributed by atoms with E-state index in [-0.39, 0.29) is 5.54 Å². The fourth-order valence-electron chi connectivity index (χ4n) is 3.44. The number of nitrogens with zero attached hydrogens (tertiary/aromatic N) is 1. The molecule has 18 heavy (non-hydrogen) atoms. The molecular weight excluding hydrogens is 240 g/mol. The van der Waals surface area contributed by atoms with Crippen LogP contribution in [0, 0.1) is 5.41 Å². The van der Waals surface area contributed by atoms with Gasteiger partial charge in [0.1, 0.15) is 0 Å². The summed E-state index contributed by atoms with van der Waals surface area (Å²) in [7, 11) is 2.24. The molecule has 2 nitrogen and oxygen atoms in total. The lowest BCUT2D eigenvalue weighted by Crippen LogP contribution is -2.55. The molecule has 2 rings (SSSR count). The van der Waals surface area contributed by atoms with Crippen LogP contribution in [-0.2, 0) is 6.54 Å². The zero-order valence-corrected chi connectivity index (χ0v) is 12.7. The van der Waals surface area contributed by atoms with Gasteiger partial charge in [0.25, 0.3) is 0 Å². The van der Waals surface area contributed by atoms with Gasteiger partial charge >= 0.3 is 0 Å². The van der Waals surface area contributed by atoms with Gasteiger partial charge in [-0.05, 0) is 54.1 Å². The van der Waals surface area contributed by atoms with Gasteiger partial charge in [-0.2, -0.15) is 11.3 Å². The predicted molar refractivity (Wildman–Crippen MR) is 79.8 cm³/mol. The van der Waals surface area contributed by atoms with Crippen molar-refractivity contribution in [3.63, 3.8) is 0 Å². The average Bonchev–Trinajstić information content (AvgIpc) is 2.80. The van der Waals surface area contributed by atoms with Crippen molar-refractivity contribution < 1.29 is 0 Å². The number of rotatable bonds is 4. The molecule has 1 aromatic heterocycles. The Labute approximate surface area is 115 Å². The molecule has 1 aromatic rings. The van der Waals surface area contributed by atoms with Gasteiger partial charge in [0.05, 0.1) is 0 Å². The first-order valence-corrected chi connectivity index (χ1v) is 7.84. The zero-order valence-electron chi connectivity index (χ0n) is 11.9. The van der Waals surface area contributed by atoms with Crippen LogP contribution in [0.1, 0.15) is 45.1 Å². The van der Waals surface area contributed by atoms with Gasteiger partial charge in [-0.25, -0.2) is 0 Å². The van der Waals surface area contributed by atoms with E-state index in [0.717, 1.165) is 13.1 Å². The lowest BCUT2D eigenvalue weighted by Gasteiger charge is -2.49. The third-order valence-corrected chi connectivity index (χ3v) is 5.22. The van der Waals surface area contributed by atoms with Crippen LogP contribution in [-0.4, -0.2) is 24.0 Å². The molecule has 102 valence electrons. The third kappa shape index (κ3) is 2.95. The Hall–Kier alpha value is -0.380. The van der Waals surface area contributed by atoms with Crippen molar-refractivity contribution in [3.8, 4) is 0 Å². The van der Waals surface area contributed by atoms with Crippen LogP contribution in [0.5, 0.6) is 0 Å². The van der Waals surface area contributed by atoms with E-state index < -0.39 is 0 Å². The summed E-state index contributed by atoms with van der Waals surface area (Å²) in [5.74, 6) is 0. The molecule has 0 radical (unpaired) electrons. The Balaban J connectivity index is 2.11. The molecule has 1 atom stereocenters. The van der Waals surface area contributed by atoms with Crippen LogP contribution >= 0.6 is 11.3 Å². The molecule has 1 heterocycles. The summed E-state index contributed by atoms with van der Waals surface area (Å²) in [5.41, 5.74) is 8.19. The highest BCUT2D eigenvalue weighted by molar-refractivity contribution is 7.07. The van der Waals surface area contributed by atoms with Gasteiger partial charge in [0.15, 0.2) is 0 Å². The fourth-order valence-corrected chi connectivity index (χ4v) is 4.10. The normalized spacial score (nSPS) is 27.6. The molecular formula is C15H26N2S. The summed E-state index contributed by atoms with van der Waals surface area (Å²) in [6.07, 6.45) is 5.10. The molecule has 3 heteroatoms. The molecule has 0 spiro atoms. The Morgan fingerprint density at radius 3 is 2.72 bits per heavy atom. The minimum Gasteiger partial charge on any atom is -0.329 e. The quantitative estimate of drug-likeness (QED) is 0.904. The molecule has 0 aliphatic heterocycles. The van der Waals surface area contributed by atoms with Crippen LogP contribution in [0.25, 0.3) is 0 Å². The second-order valence-corrected chi connectivity index (χ2v) is 7.39. The molecule has 0 amide bonds. The van der Waals surface area contributed by atoms with Crippen molar-refractivity contribution in [1.29, 1.82) is 0 Å². The standard InChI is InChI=1S/C15H26N2S/c1-14(2)6-4-7-15(11-14,12-16)17(3)9-13-5-8-18-10-13/h5,8,10H,4,6-7,9,11-12,16H2,1-3H3. The van der Waals surface area contributed by atoms with Gasteiger partial charge in [0, 0.05) is 18.6 Å². The molecule has 0 aromatic carbocycles. The van der Waals surface area contributed by atoms with Crippen LogP contribution < -0.4 is 5.73 Å². The van der Waals surface area contributed by atoms with E-state index in [1.54, 1.807) is 11.3 Å². The highest BCUT2D eigenvalue weighted by Crippen LogP contribution is 2.43. The number of thiophene rings is 1. The largest absolute Gasteiger partial charge is 0.329 e. The van der Waals surface area contributed by atoms with E-state index in [2.05, 4.69) is 42.6 Å². The molecule has 0 saturated heterocycles. The van der Waals surface area contributed by atoms with Crippen molar-refractivity contribution in [2.75, 3.05) is 13.6 Å². The molecule has 1 fully saturated rings. The Bertz CT molecular complexity index is 372. The summed E-state index contributed by atoms with van der Waals surface area (Å²) >= 11 is 1.78. The van der Waals surface area contributed by atoms with Crippen LogP contribution in [0.15, 0.2) is 16.8 Å². The van der Waals surface area contributed by atoms with E-state index >= 15 is 0 Å². The van der Waals surface area contributed by atoms with E-state index in [1.165, 1.54) is 31.2 Å². The molecule has 0 bridgehead atoms. The first kappa shape index (κ1) is 14.0. The first-order chi connectivity index (χ1) is 8.47. The summed E-state index contributed by atoms with van der Waals surface area (Å²) in [4.78, 5) is 2.50. The van der Waals surface area contributed by atoms with Crippen molar-refractivity contribution in [1.82, 2.24) is 4.90 Å². The van der Waals surface area contributed by atoms with E-state index in [4.69, 9.17) is 5.73 Å². The minimum absolute atomic E-state index is 0.198.